The van der Waals surface area contributed by atoms with E-state index in [9.17, 15) is 4.79 Å². The van der Waals surface area contributed by atoms with Gasteiger partial charge in [0.2, 0.25) is 5.91 Å². The average molecular weight is 365 g/mol. The molecule has 0 bridgehead atoms. The highest BCUT2D eigenvalue weighted by Crippen LogP contribution is 2.20. The lowest BCUT2D eigenvalue weighted by Gasteiger charge is -2.35. The Labute approximate surface area is 153 Å². The number of nitrogens with zero attached hydrogens (tertiary/aromatic N) is 4. The summed E-state index contributed by atoms with van der Waals surface area (Å²) < 4.78 is 7.24. The van der Waals surface area contributed by atoms with Crippen LogP contribution in [0.1, 0.15) is 24.1 Å². The average Bonchev–Trinajstić information content (AvgIpc) is 3.20. The molecule has 0 saturated carbocycles. The molecule has 3 rings (SSSR count). The summed E-state index contributed by atoms with van der Waals surface area (Å²) in [5.41, 5.74) is 1.73. The van der Waals surface area contributed by atoms with Crippen molar-refractivity contribution in [2.75, 3.05) is 26.2 Å². The standard InChI is InChI=1S/C18H25ClN4O2/c1-13(11-23-15(3)17(19)14(2)20-23)18(24)22-8-6-21(7-9-22)12-16-5-4-10-25-16/h4-5,10,13H,6-9,11-12H2,1-3H3. The molecule has 1 aliphatic rings. The normalized spacial score (nSPS) is 17.0. The van der Waals surface area contributed by atoms with Crippen molar-refractivity contribution in [2.24, 2.45) is 5.92 Å². The predicted molar refractivity (Wildman–Crippen MR) is 96.4 cm³/mol. The lowest BCUT2D eigenvalue weighted by atomic mass is 10.1. The first-order chi connectivity index (χ1) is 12.0. The maximum Gasteiger partial charge on any atom is 0.227 e. The van der Waals surface area contributed by atoms with Gasteiger partial charge in [-0.25, -0.2) is 0 Å². The predicted octanol–water partition coefficient (Wildman–Crippen LogP) is 2.73. The van der Waals surface area contributed by atoms with E-state index in [1.165, 1.54) is 0 Å². The van der Waals surface area contributed by atoms with Crippen LogP contribution in [0, 0.1) is 19.8 Å². The Balaban J connectivity index is 1.52. The zero-order valence-corrected chi connectivity index (χ0v) is 15.8. The van der Waals surface area contributed by atoms with Crippen LogP contribution >= 0.6 is 11.6 Å². The van der Waals surface area contributed by atoms with Crippen LogP contribution in [0.5, 0.6) is 0 Å². The molecule has 2 aromatic heterocycles. The van der Waals surface area contributed by atoms with E-state index in [-0.39, 0.29) is 11.8 Å². The SMILES string of the molecule is Cc1nn(CC(C)C(=O)N2CCN(Cc3ccco3)CC2)c(C)c1Cl. The number of hydrogen-bond donors (Lipinski definition) is 0. The summed E-state index contributed by atoms with van der Waals surface area (Å²) in [5, 5.41) is 5.11. The molecule has 1 atom stereocenters. The summed E-state index contributed by atoms with van der Waals surface area (Å²) in [7, 11) is 0. The minimum atomic E-state index is -0.120. The molecule has 136 valence electrons. The van der Waals surface area contributed by atoms with Crippen molar-refractivity contribution in [3.63, 3.8) is 0 Å². The number of aromatic nitrogens is 2. The van der Waals surface area contributed by atoms with Crippen molar-refractivity contribution < 1.29 is 9.21 Å². The second-order valence-electron chi connectivity index (χ2n) is 6.75. The molecule has 25 heavy (non-hydrogen) atoms. The van der Waals surface area contributed by atoms with E-state index in [0.717, 1.165) is 49.9 Å². The number of piperazine rings is 1. The Morgan fingerprint density at radius 1 is 1.32 bits per heavy atom. The van der Waals surface area contributed by atoms with Crippen LogP contribution < -0.4 is 0 Å². The Bertz CT molecular complexity index is 718. The second-order valence-corrected chi connectivity index (χ2v) is 7.13. The first-order valence-electron chi connectivity index (χ1n) is 8.68. The first kappa shape index (κ1) is 18.0. The number of aryl methyl sites for hydroxylation is 1. The molecule has 0 aromatic carbocycles. The molecule has 7 heteroatoms. The molecular formula is C18H25ClN4O2. The second kappa shape index (κ2) is 7.62. The Kier molecular flexibility index (Phi) is 5.49. The molecular weight excluding hydrogens is 340 g/mol. The molecule has 2 aromatic rings. The molecule has 1 saturated heterocycles. The highest BCUT2D eigenvalue weighted by Gasteiger charge is 2.26. The number of carbonyl (C=O) groups is 1. The van der Waals surface area contributed by atoms with E-state index in [1.807, 2.05) is 42.5 Å². The smallest absolute Gasteiger partial charge is 0.227 e. The van der Waals surface area contributed by atoms with Crippen LogP contribution in [0.25, 0.3) is 0 Å². The summed E-state index contributed by atoms with van der Waals surface area (Å²) in [6, 6.07) is 3.89. The lowest BCUT2D eigenvalue weighted by Crippen LogP contribution is -2.50. The van der Waals surface area contributed by atoms with Gasteiger partial charge in [0, 0.05) is 26.2 Å². The fourth-order valence-corrected chi connectivity index (χ4v) is 3.39. The van der Waals surface area contributed by atoms with Gasteiger partial charge in [0.15, 0.2) is 0 Å². The number of furan rings is 1. The van der Waals surface area contributed by atoms with Gasteiger partial charge in [0.1, 0.15) is 5.76 Å². The molecule has 0 spiro atoms. The third kappa shape index (κ3) is 4.07. The minimum Gasteiger partial charge on any atom is -0.468 e. The van der Waals surface area contributed by atoms with Crippen molar-refractivity contribution in [1.29, 1.82) is 0 Å². The summed E-state index contributed by atoms with van der Waals surface area (Å²) in [6.45, 7) is 10.4. The van der Waals surface area contributed by atoms with Crippen LogP contribution in [0.3, 0.4) is 0 Å². The number of rotatable bonds is 5. The van der Waals surface area contributed by atoms with Crippen LogP contribution in [0.4, 0.5) is 0 Å². The van der Waals surface area contributed by atoms with Gasteiger partial charge in [-0.05, 0) is 26.0 Å². The van der Waals surface area contributed by atoms with E-state index in [4.69, 9.17) is 16.0 Å². The number of halogens is 1. The van der Waals surface area contributed by atoms with Crippen molar-refractivity contribution >= 4 is 17.5 Å². The van der Waals surface area contributed by atoms with E-state index in [2.05, 4.69) is 10.00 Å². The van der Waals surface area contributed by atoms with Crippen molar-refractivity contribution in [3.05, 3.63) is 40.6 Å². The quantitative estimate of drug-likeness (QED) is 0.818. The Morgan fingerprint density at radius 3 is 2.60 bits per heavy atom. The Hall–Kier alpha value is -1.79. The minimum absolute atomic E-state index is 0.120. The molecule has 1 amide bonds. The first-order valence-corrected chi connectivity index (χ1v) is 9.06. The molecule has 0 radical (unpaired) electrons. The van der Waals surface area contributed by atoms with Crippen LogP contribution in [-0.4, -0.2) is 51.7 Å². The molecule has 0 N–H and O–H groups in total. The fraction of sp³-hybridized carbons (Fsp3) is 0.556. The number of carbonyl (C=O) groups excluding carboxylic acids is 1. The van der Waals surface area contributed by atoms with Crippen LogP contribution in [0.15, 0.2) is 22.8 Å². The van der Waals surface area contributed by atoms with Gasteiger partial charge in [-0.3, -0.25) is 14.4 Å². The molecule has 1 unspecified atom stereocenters. The van der Waals surface area contributed by atoms with Gasteiger partial charge >= 0.3 is 0 Å². The molecule has 3 heterocycles. The van der Waals surface area contributed by atoms with E-state index in [1.54, 1.807) is 6.26 Å². The van der Waals surface area contributed by atoms with Gasteiger partial charge in [0.05, 0.1) is 41.7 Å². The van der Waals surface area contributed by atoms with Crippen molar-refractivity contribution in [1.82, 2.24) is 19.6 Å². The molecule has 1 aliphatic heterocycles. The highest BCUT2D eigenvalue weighted by molar-refractivity contribution is 6.31. The summed E-state index contributed by atoms with van der Waals surface area (Å²) >= 11 is 6.19. The molecule has 0 aliphatic carbocycles. The zero-order valence-electron chi connectivity index (χ0n) is 15.0. The maximum absolute atomic E-state index is 12.7. The summed E-state index contributed by atoms with van der Waals surface area (Å²) in [5.74, 6) is 1.03. The monoisotopic (exact) mass is 364 g/mol. The van der Waals surface area contributed by atoms with Gasteiger partial charge in [-0.1, -0.05) is 18.5 Å². The topological polar surface area (TPSA) is 54.5 Å². The van der Waals surface area contributed by atoms with Gasteiger partial charge in [0.25, 0.3) is 0 Å². The summed E-state index contributed by atoms with van der Waals surface area (Å²) in [6.07, 6.45) is 1.70. The van der Waals surface area contributed by atoms with Crippen molar-refractivity contribution in [2.45, 2.75) is 33.9 Å². The van der Waals surface area contributed by atoms with E-state index >= 15 is 0 Å². The largest absolute Gasteiger partial charge is 0.468 e. The van der Waals surface area contributed by atoms with Gasteiger partial charge < -0.3 is 9.32 Å². The third-order valence-electron chi connectivity index (χ3n) is 4.81. The van der Waals surface area contributed by atoms with Gasteiger partial charge in [-0.2, -0.15) is 5.10 Å². The zero-order chi connectivity index (χ0) is 18.0. The van der Waals surface area contributed by atoms with Gasteiger partial charge in [-0.15, -0.1) is 0 Å². The van der Waals surface area contributed by atoms with Crippen molar-refractivity contribution in [3.8, 4) is 0 Å². The highest BCUT2D eigenvalue weighted by atomic mass is 35.5. The number of hydrogen-bond acceptors (Lipinski definition) is 4. The third-order valence-corrected chi connectivity index (χ3v) is 5.35. The maximum atomic E-state index is 12.7. The molecule has 6 nitrogen and oxygen atoms in total. The van der Waals surface area contributed by atoms with Crippen LogP contribution in [0.2, 0.25) is 5.02 Å². The van der Waals surface area contributed by atoms with E-state index in [0.29, 0.717) is 11.6 Å². The lowest BCUT2D eigenvalue weighted by molar-refractivity contribution is -0.137. The van der Waals surface area contributed by atoms with E-state index < -0.39 is 0 Å². The van der Waals surface area contributed by atoms with Crippen LogP contribution in [-0.2, 0) is 17.9 Å². The Morgan fingerprint density at radius 2 is 2.04 bits per heavy atom. The molecule has 1 fully saturated rings. The fourth-order valence-electron chi connectivity index (χ4n) is 3.25. The number of amides is 1. The summed E-state index contributed by atoms with van der Waals surface area (Å²) in [4.78, 5) is 17.0.